The van der Waals surface area contributed by atoms with Gasteiger partial charge in [-0.25, -0.2) is 10.9 Å². The number of carbonyl (C=O) groups is 1. The fourth-order valence-corrected chi connectivity index (χ4v) is 5.99. The van der Waals surface area contributed by atoms with Crippen LogP contribution >= 0.6 is 23.2 Å². The number of methoxy groups -OCH3 is 2. The van der Waals surface area contributed by atoms with E-state index in [0.717, 1.165) is 11.3 Å². The number of aliphatic hydroxyl groups is 1. The summed E-state index contributed by atoms with van der Waals surface area (Å²) in [5.41, 5.74) is 9.15. The molecule has 5 rings (SSSR count). The molecule has 2 aromatic rings. The molecule has 2 aromatic carbocycles. The summed E-state index contributed by atoms with van der Waals surface area (Å²) < 4.78 is 10.8. The van der Waals surface area contributed by atoms with E-state index >= 15 is 0 Å². The molecule has 174 valence electrons. The van der Waals surface area contributed by atoms with Gasteiger partial charge in [0.05, 0.1) is 20.4 Å². The normalized spacial score (nSPS) is 28.8. The van der Waals surface area contributed by atoms with E-state index < -0.39 is 12.1 Å². The van der Waals surface area contributed by atoms with Crippen LogP contribution in [0, 0.1) is 5.92 Å². The molecule has 5 atom stereocenters. The number of ketones is 1. The first-order chi connectivity index (χ1) is 15.9. The Balaban J connectivity index is 1.58. The van der Waals surface area contributed by atoms with Crippen molar-refractivity contribution in [1.29, 1.82) is 0 Å². The van der Waals surface area contributed by atoms with Crippen molar-refractivity contribution < 1.29 is 19.4 Å². The number of nitrogens with one attached hydrogen (secondary N) is 3. The molecule has 33 heavy (non-hydrogen) atoms. The van der Waals surface area contributed by atoms with Gasteiger partial charge < -0.3 is 19.9 Å². The summed E-state index contributed by atoms with van der Waals surface area (Å²) in [4.78, 5) is 13.6. The number of rotatable bonds is 4. The monoisotopic (exact) mass is 489 g/mol. The van der Waals surface area contributed by atoms with Gasteiger partial charge in [0.25, 0.3) is 0 Å². The van der Waals surface area contributed by atoms with Crippen molar-refractivity contribution in [3.05, 3.63) is 68.8 Å². The maximum Gasteiger partial charge on any atom is 0.161 e. The number of halogens is 2. The van der Waals surface area contributed by atoms with E-state index in [-0.39, 0.29) is 23.8 Å². The summed E-state index contributed by atoms with van der Waals surface area (Å²) in [6.45, 7) is 0. The molecule has 7 nitrogen and oxygen atoms in total. The van der Waals surface area contributed by atoms with E-state index in [0.29, 0.717) is 45.5 Å². The first-order valence-electron chi connectivity index (χ1n) is 10.8. The molecule has 2 heterocycles. The molecule has 0 amide bonds. The Labute approximate surface area is 202 Å². The zero-order valence-electron chi connectivity index (χ0n) is 18.2. The Kier molecular flexibility index (Phi) is 6.01. The highest BCUT2D eigenvalue weighted by Crippen LogP contribution is 2.50. The topological polar surface area (TPSA) is 91.9 Å². The lowest BCUT2D eigenvalue weighted by Gasteiger charge is -2.42. The Morgan fingerprint density at radius 1 is 1.00 bits per heavy atom. The van der Waals surface area contributed by atoms with E-state index in [9.17, 15) is 9.90 Å². The van der Waals surface area contributed by atoms with E-state index in [1.54, 1.807) is 32.4 Å². The summed E-state index contributed by atoms with van der Waals surface area (Å²) >= 11 is 13.2. The second kappa shape index (κ2) is 8.81. The SMILES string of the molecule is COc1ccc([C@H]2CC(=O)C3=C(C2)NC2NNC(O)C2[C@@H]3c2c(Cl)cccc2Cl)cc1OC. The first kappa shape index (κ1) is 22.5. The lowest BCUT2D eigenvalue weighted by atomic mass is 9.68. The van der Waals surface area contributed by atoms with Gasteiger partial charge in [-0.3, -0.25) is 4.79 Å². The van der Waals surface area contributed by atoms with E-state index in [1.165, 1.54) is 0 Å². The largest absolute Gasteiger partial charge is 0.493 e. The number of aliphatic hydroxyl groups excluding tert-OH is 1. The minimum absolute atomic E-state index is 0.0158. The number of carbonyl (C=O) groups excluding carboxylic acids is 1. The highest BCUT2D eigenvalue weighted by atomic mass is 35.5. The Morgan fingerprint density at radius 2 is 1.73 bits per heavy atom. The molecule has 4 N–H and O–H groups in total. The predicted octanol–water partition coefficient (Wildman–Crippen LogP) is 3.47. The van der Waals surface area contributed by atoms with Gasteiger partial charge in [-0.05, 0) is 47.7 Å². The van der Waals surface area contributed by atoms with Crippen molar-refractivity contribution in [2.75, 3.05) is 14.2 Å². The maximum atomic E-state index is 13.6. The smallest absolute Gasteiger partial charge is 0.161 e. The average Bonchev–Trinajstić information content (AvgIpc) is 3.18. The van der Waals surface area contributed by atoms with Gasteiger partial charge in [0, 0.05) is 39.6 Å². The van der Waals surface area contributed by atoms with Crippen LogP contribution in [0.15, 0.2) is 47.7 Å². The third-order valence-electron chi connectivity index (χ3n) is 6.86. The third kappa shape index (κ3) is 3.78. The summed E-state index contributed by atoms with van der Waals surface area (Å²) in [6.07, 6.45) is -0.183. The lowest BCUT2D eigenvalue weighted by Crippen LogP contribution is -2.51. The average molecular weight is 490 g/mol. The zero-order valence-corrected chi connectivity index (χ0v) is 19.7. The highest BCUT2D eigenvalue weighted by Gasteiger charge is 2.50. The predicted molar refractivity (Wildman–Crippen MR) is 125 cm³/mol. The van der Waals surface area contributed by atoms with Gasteiger partial charge in [0.15, 0.2) is 17.3 Å². The molecule has 3 aliphatic rings. The first-order valence-corrected chi connectivity index (χ1v) is 11.6. The lowest BCUT2D eigenvalue weighted by molar-refractivity contribution is -0.117. The molecule has 1 fully saturated rings. The number of allylic oxidation sites excluding steroid dienone is 2. The molecule has 3 unspecified atom stereocenters. The molecule has 0 saturated carbocycles. The molecular weight excluding hydrogens is 465 g/mol. The molecule has 1 aliphatic carbocycles. The molecule has 0 radical (unpaired) electrons. The summed E-state index contributed by atoms with van der Waals surface area (Å²) in [5, 5.41) is 15.1. The van der Waals surface area contributed by atoms with Crippen LogP contribution in [-0.2, 0) is 4.79 Å². The van der Waals surface area contributed by atoms with Gasteiger partial charge in [0.2, 0.25) is 0 Å². The van der Waals surface area contributed by atoms with E-state index in [2.05, 4.69) is 16.2 Å². The number of hydrazine groups is 1. The summed E-state index contributed by atoms with van der Waals surface area (Å²) in [6, 6.07) is 11.1. The van der Waals surface area contributed by atoms with Crippen molar-refractivity contribution in [3.63, 3.8) is 0 Å². The number of ether oxygens (including phenoxy) is 2. The van der Waals surface area contributed by atoms with Gasteiger partial charge in [-0.15, -0.1) is 0 Å². The van der Waals surface area contributed by atoms with Crippen LogP contribution < -0.4 is 25.6 Å². The van der Waals surface area contributed by atoms with Gasteiger partial charge in [0.1, 0.15) is 6.23 Å². The number of fused-ring (bicyclic) bond motifs is 1. The quantitative estimate of drug-likeness (QED) is 0.522. The molecule has 0 aromatic heterocycles. The summed E-state index contributed by atoms with van der Waals surface area (Å²) in [7, 11) is 3.19. The van der Waals surface area contributed by atoms with E-state index in [1.807, 2.05) is 18.2 Å². The molecule has 0 spiro atoms. The fourth-order valence-electron chi connectivity index (χ4n) is 5.35. The van der Waals surface area contributed by atoms with Crippen LogP contribution in [0.5, 0.6) is 11.5 Å². The minimum Gasteiger partial charge on any atom is -0.493 e. The number of benzene rings is 2. The summed E-state index contributed by atoms with van der Waals surface area (Å²) in [5.74, 6) is 0.463. The van der Waals surface area contributed by atoms with Crippen LogP contribution in [0.1, 0.15) is 35.8 Å². The van der Waals surface area contributed by atoms with Gasteiger partial charge in [-0.1, -0.05) is 35.3 Å². The van der Waals surface area contributed by atoms with Gasteiger partial charge >= 0.3 is 0 Å². The van der Waals surface area contributed by atoms with Crippen molar-refractivity contribution in [2.45, 2.75) is 37.1 Å². The van der Waals surface area contributed by atoms with Crippen LogP contribution in [0.25, 0.3) is 0 Å². The van der Waals surface area contributed by atoms with Crippen LogP contribution in [-0.4, -0.2) is 37.5 Å². The number of hydrogen-bond acceptors (Lipinski definition) is 7. The standard InChI is InChI=1S/C24H25Cl2N3O4/c1-32-17-7-6-11(10-18(17)33-2)12-8-15-20(16(30)9-12)21(19-13(25)4-3-5-14(19)26)22-23(27-15)28-29-24(22)31/h3-7,10,12,21-24,27-29,31H,8-9H2,1-2H3/t12-,21-,22?,23?,24?/m1/s1. The second-order valence-corrected chi connectivity index (χ2v) is 9.40. The Bertz CT molecular complexity index is 1120. The van der Waals surface area contributed by atoms with Crippen molar-refractivity contribution in [3.8, 4) is 11.5 Å². The highest BCUT2D eigenvalue weighted by molar-refractivity contribution is 6.36. The Morgan fingerprint density at radius 3 is 2.42 bits per heavy atom. The second-order valence-electron chi connectivity index (χ2n) is 8.58. The molecule has 0 bridgehead atoms. The van der Waals surface area contributed by atoms with Crippen molar-refractivity contribution >= 4 is 29.0 Å². The van der Waals surface area contributed by atoms with Crippen LogP contribution in [0.2, 0.25) is 10.0 Å². The number of hydrogen-bond donors (Lipinski definition) is 4. The molecule has 2 aliphatic heterocycles. The Hall–Kier alpha value is -2.29. The van der Waals surface area contributed by atoms with Crippen LogP contribution in [0.4, 0.5) is 0 Å². The van der Waals surface area contributed by atoms with Crippen molar-refractivity contribution in [2.24, 2.45) is 5.92 Å². The van der Waals surface area contributed by atoms with Crippen molar-refractivity contribution in [1.82, 2.24) is 16.2 Å². The zero-order chi connectivity index (χ0) is 23.3. The fraction of sp³-hybridized carbons (Fsp3) is 0.375. The molecule has 9 heteroatoms. The van der Waals surface area contributed by atoms with E-state index in [4.69, 9.17) is 32.7 Å². The maximum absolute atomic E-state index is 13.6. The van der Waals surface area contributed by atoms with Gasteiger partial charge in [-0.2, -0.15) is 0 Å². The van der Waals surface area contributed by atoms with Crippen LogP contribution in [0.3, 0.4) is 0 Å². The molecule has 1 saturated heterocycles. The molecular formula is C24H25Cl2N3O4. The minimum atomic E-state index is -0.870. The number of Topliss-reactive ketones (excluding diaryl/α,β-unsaturated/α-hetero) is 1. The third-order valence-corrected chi connectivity index (χ3v) is 7.52.